The lowest BCUT2D eigenvalue weighted by Crippen LogP contribution is -2.29. The van der Waals surface area contributed by atoms with Crippen molar-refractivity contribution in [3.05, 3.63) is 29.3 Å². The summed E-state index contributed by atoms with van der Waals surface area (Å²) in [6.45, 7) is 2.33. The molecule has 0 saturated heterocycles. The van der Waals surface area contributed by atoms with E-state index in [1.165, 1.54) is 12.5 Å². The average molecular weight is 395 g/mol. The van der Waals surface area contributed by atoms with Crippen LogP contribution in [0.5, 0.6) is 0 Å². The third-order valence-electron chi connectivity index (χ3n) is 5.57. The number of aryl methyl sites for hydroxylation is 1. The summed E-state index contributed by atoms with van der Waals surface area (Å²) in [5, 5.41) is 12.9. The van der Waals surface area contributed by atoms with Gasteiger partial charge in [0.1, 0.15) is 0 Å². The van der Waals surface area contributed by atoms with E-state index in [0.29, 0.717) is 18.0 Å². The number of hydrogen-bond donors (Lipinski definition) is 3. The summed E-state index contributed by atoms with van der Waals surface area (Å²) >= 11 is 0. The molecule has 2 fully saturated rings. The summed E-state index contributed by atoms with van der Waals surface area (Å²) in [6, 6.07) is 4.71. The summed E-state index contributed by atoms with van der Waals surface area (Å²) in [7, 11) is -3.57. The van der Waals surface area contributed by atoms with Gasteiger partial charge in [-0.2, -0.15) is 0 Å². The zero-order valence-corrected chi connectivity index (χ0v) is 16.7. The minimum atomic E-state index is -3.57. The second-order valence-corrected chi connectivity index (χ2v) is 9.60. The first-order valence-corrected chi connectivity index (χ1v) is 11.4. The van der Waals surface area contributed by atoms with Gasteiger partial charge in [0.2, 0.25) is 10.0 Å². The summed E-state index contributed by atoms with van der Waals surface area (Å²) in [6.07, 6.45) is 7.45. The highest BCUT2D eigenvalue weighted by Gasteiger charge is 2.28. The van der Waals surface area contributed by atoms with Crippen LogP contribution in [0.3, 0.4) is 0 Å². The van der Waals surface area contributed by atoms with E-state index in [2.05, 4.69) is 10.0 Å². The zero-order chi connectivity index (χ0) is 19.4. The fourth-order valence-corrected chi connectivity index (χ4v) is 5.02. The van der Waals surface area contributed by atoms with Gasteiger partial charge in [-0.25, -0.2) is 13.1 Å². The Bertz CT molecular complexity index is 774. The predicted octanol–water partition coefficient (Wildman–Crippen LogP) is 2.50. The molecule has 0 spiro atoms. The maximum atomic E-state index is 12.5. The number of nitrogens with one attached hydrogen (secondary N) is 2. The molecule has 27 heavy (non-hydrogen) atoms. The van der Waals surface area contributed by atoms with Crippen LogP contribution in [0, 0.1) is 12.8 Å². The fourth-order valence-electron chi connectivity index (χ4n) is 3.69. The molecule has 1 aromatic rings. The first kappa shape index (κ1) is 20.3. The predicted molar refractivity (Wildman–Crippen MR) is 104 cm³/mol. The molecular weight excluding hydrogens is 364 g/mol. The highest BCUT2D eigenvalue weighted by molar-refractivity contribution is 7.89. The molecule has 3 N–H and O–H groups in total. The fraction of sp³-hybridized carbons (Fsp3) is 0.650. The lowest BCUT2D eigenvalue weighted by molar-refractivity contribution is 0.0641. The molecule has 0 aromatic heterocycles. The maximum Gasteiger partial charge on any atom is 0.251 e. The molecule has 2 atom stereocenters. The normalized spacial score (nSPS) is 23.2. The van der Waals surface area contributed by atoms with E-state index >= 15 is 0 Å². The molecular formula is C20H30N2O4S. The largest absolute Gasteiger partial charge is 0.393 e. The Morgan fingerprint density at radius 2 is 1.93 bits per heavy atom. The molecule has 2 aliphatic carbocycles. The topological polar surface area (TPSA) is 95.5 Å². The van der Waals surface area contributed by atoms with E-state index in [1.54, 1.807) is 19.1 Å². The van der Waals surface area contributed by atoms with Crippen LogP contribution in [0.25, 0.3) is 0 Å². The van der Waals surface area contributed by atoms with Gasteiger partial charge >= 0.3 is 0 Å². The number of aliphatic hydroxyl groups excluding tert-OH is 1. The van der Waals surface area contributed by atoms with Gasteiger partial charge in [-0.15, -0.1) is 0 Å². The smallest absolute Gasteiger partial charge is 0.251 e. The zero-order valence-electron chi connectivity index (χ0n) is 15.9. The van der Waals surface area contributed by atoms with E-state index in [4.69, 9.17) is 0 Å². The Labute approximate surface area is 161 Å². The maximum absolute atomic E-state index is 12.5. The first-order chi connectivity index (χ1) is 12.9. The molecule has 150 valence electrons. The second-order valence-electron chi connectivity index (χ2n) is 7.88. The van der Waals surface area contributed by atoms with E-state index < -0.39 is 10.0 Å². The van der Waals surface area contributed by atoms with Gasteiger partial charge in [0.15, 0.2) is 0 Å². The van der Waals surface area contributed by atoms with Crippen molar-refractivity contribution in [2.45, 2.75) is 75.3 Å². The van der Waals surface area contributed by atoms with Gasteiger partial charge < -0.3 is 10.4 Å². The molecule has 3 rings (SSSR count). The number of amides is 1. The molecule has 1 aromatic carbocycles. The van der Waals surface area contributed by atoms with Gasteiger partial charge in [-0.1, -0.05) is 18.9 Å². The number of sulfonamides is 1. The third kappa shape index (κ3) is 5.53. The van der Waals surface area contributed by atoms with E-state index in [1.807, 2.05) is 0 Å². The van der Waals surface area contributed by atoms with E-state index in [0.717, 1.165) is 50.5 Å². The van der Waals surface area contributed by atoms with Crippen molar-refractivity contribution in [1.29, 1.82) is 0 Å². The summed E-state index contributed by atoms with van der Waals surface area (Å²) < 4.78 is 27.4. The van der Waals surface area contributed by atoms with Crippen LogP contribution in [0.15, 0.2) is 23.1 Å². The van der Waals surface area contributed by atoms with Crippen LogP contribution in [0.4, 0.5) is 0 Å². The highest BCUT2D eigenvalue weighted by Crippen LogP contribution is 2.27. The van der Waals surface area contributed by atoms with Crippen molar-refractivity contribution in [1.82, 2.24) is 10.0 Å². The summed E-state index contributed by atoms with van der Waals surface area (Å²) in [5.41, 5.74) is 1.15. The van der Waals surface area contributed by atoms with Gasteiger partial charge in [-0.05, 0) is 69.1 Å². The lowest BCUT2D eigenvalue weighted by atomic mass is 9.83. The van der Waals surface area contributed by atoms with Gasteiger partial charge in [0.25, 0.3) is 5.91 Å². The standard InChI is InChI=1S/C20H30N2O4S/c1-14-8-11-17(27(25,26)22-16-9-10-16)13-18(14)20(24)21-12-4-6-15-5-2-3-7-19(15)23/h8,11,13,15-16,19,22-23H,2-7,9-10,12H2,1H3,(H,21,24)/t15-,19-/m1/s1. The molecule has 6 nitrogen and oxygen atoms in total. The Kier molecular flexibility index (Phi) is 6.55. The van der Waals surface area contributed by atoms with Crippen molar-refractivity contribution in [2.75, 3.05) is 6.54 Å². The molecule has 7 heteroatoms. The average Bonchev–Trinajstić information content (AvgIpc) is 3.43. The highest BCUT2D eigenvalue weighted by atomic mass is 32.2. The number of aliphatic hydroxyl groups is 1. The Balaban J connectivity index is 1.55. The van der Waals surface area contributed by atoms with Crippen molar-refractivity contribution in [2.24, 2.45) is 5.92 Å². The minimum Gasteiger partial charge on any atom is -0.393 e. The van der Waals surface area contributed by atoms with Crippen LogP contribution in [-0.4, -0.2) is 38.1 Å². The van der Waals surface area contributed by atoms with E-state index in [9.17, 15) is 18.3 Å². The molecule has 0 unspecified atom stereocenters. The minimum absolute atomic E-state index is 0.0312. The third-order valence-corrected chi connectivity index (χ3v) is 7.09. The van der Waals surface area contributed by atoms with Gasteiger partial charge in [0, 0.05) is 18.2 Å². The van der Waals surface area contributed by atoms with Crippen molar-refractivity contribution in [3.63, 3.8) is 0 Å². The van der Waals surface area contributed by atoms with Gasteiger partial charge in [0.05, 0.1) is 11.0 Å². The van der Waals surface area contributed by atoms with Crippen molar-refractivity contribution in [3.8, 4) is 0 Å². The first-order valence-electron chi connectivity index (χ1n) is 9.96. The molecule has 0 heterocycles. The molecule has 0 radical (unpaired) electrons. The number of carbonyl (C=O) groups excluding carboxylic acids is 1. The molecule has 1 amide bonds. The number of hydrogen-bond acceptors (Lipinski definition) is 4. The lowest BCUT2D eigenvalue weighted by Gasteiger charge is -2.27. The molecule has 2 aliphatic rings. The van der Waals surface area contributed by atoms with E-state index in [-0.39, 0.29) is 22.9 Å². The Morgan fingerprint density at radius 3 is 2.63 bits per heavy atom. The summed E-state index contributed by atoms with van der Waals surface area (Å²) in [5.74, 6) is 0.0829. The Morgan fingerprint density at radius 1 is 1.19 bits per heavy atom. The molecule has 0 aliphatic heterocycles. The van der Waals surface area contributed by atoms with Crippen molar-refractivity contribution >= 4 is 15.9 Å². The number of benzene rings is 1. The van der Waals surface area contributed by atoms with Crippen molar-refractivity contribution < 1.29 is 18.3 Å². The van der Waals surface area contributed by atoms with Crippen LogP contribution in [0.2, 0.25) is 0 Å². The second kappa shape index (κ2) is 8.71. The molecule has 2 saturated carbocycles. The number of rotatable bonds is 8. The number of carbonyl (C=O) groups is 1. The quantitative estimate of drug-likeness (QED) is 0.590. The molecule has 0 bridgehead atoms. The SMILES string of the molecule is Cc1ccc(S(=O)(=O)NC2CC2)cc1C(=O)NCCC[C@H]1CCCC[C@H]1O. The monoisotopic (exact) mass is 394 g/mol. The van der Waals surface area contributed by atoms with Crippen LogP contribution >= 0.6 is 0 Å². The van der Waals surface area contributed by atoms with Crippen LogP contribution in [0.1, 0.15) is 67.3 Å². The van der Waals surface area contributed by atoms with Crippen LogP contribution in [-0.2, 0) is 10.0 Å². The van der Waals surface area contributed by atoms with Crippen LogP contribution < -0.4 is 10.0 Å². The summed E-state index contributed by atoms with van der Waals surface area (Å²) in [4.78, 5) is 12.7. The Hall–Kier alpha value is -1.44. The van der Waals surface area contributed by atoms with Gasteiger partial charge in [-0.3, -0.25) is 4.79 Å².